The number of rotatable bonds is 7. The van der Waals surface area contributed by atoms with E-state index in [-0.39, 0.29) is 5.60 Å². The Hall–Kier alpha value is -0.870. The summed E-state index contributed by atoms with van der Waals surface area (Å²) in [5, 5.41) is 7.97. The predicted octanol–water partition coefficient (Wildman–Crippen LogP) is 3.07. The highest BCUT2D eigenvalue weighted by Crippen LogP contribution is 2.34. The van der Waals surface area contributed by atoms with Crippen LogP contribution in [0.15, 0.2) is 12.3 Å². The summed E-state index contributed by atoms with van der Waals surface area (Å²) in [6.45, 7) is 3.19. The first kappa shape index (κ1) is 16.5. The summed E-state index contributed by atoms with van der Waals surface area (Å²) < 4.78 is 8.07. The SMILES string of the molecule is CCNC(CCc1ccnn1C)C1(OC)CCCCCC1. The van der Waals surface area contributed by atoms with E-state index in [9.17, 15) is 0 Å². The zero-order valence-electron chi connectivity index (χ0n) is 13.9. The maximum atomic E-state index is 6.09. The molecule has 1 aliphatic rings. The van der Waals surface area contributed by atoms with Crippen molar-refractivity contribution < 1.29 is 4.74 Å². The largest absolute Gasteiger partial charge is 0.377 e. The van der Waals surface area contributed by atoms with E-state index in [1.165, 1.54) is 44.2 Å². The van der Waals surface area contributed by atoms with Crippen LogP contribution in [-0.2, 0) is 18.2 Å². The second-order valence-corrected chi connectivity index (χ2v) is 6.28. The molecule has 1 atom stereocenters. The van der Waals surface area contributed by atoms with Crippen molar-refractivity contribution in [2.45, 2.75) is 69.9 Å². The number of likely N-dealkylation sites (N-methyl/N-ethyl adjacent to an activating group) is 1. The zero-order valence-corrected chi connectivity index (χ0v) is 13.9. The lowest BCUT2D eigenvalue weighted by molar-refractivity contribution is -0.0544. The van der Waals surface area contributed by atoms with E-state index in [0.29, 0.717) is 6.04 Å². The highest BCUT2D eigenvalue weighted by molar-refractivity contribution is 5.03. The molecule has 0 amide bonds. The topological polar surface area (TPSA) is 39.1 Å². The number of ether oxygens (including phenoxy) is 1. The van der Waals surface area contributed by atoms with Gasteiger partial charge in [-0.1, -0.05) is 32.6 Å². The lowest BCUT2D eigenvalue weighted by atomic mass is 9.83. The van der Waals surface area contributed by atoms with Crippen LogP contribution >= 0.6 is 0 Å². The first-order chi connectivity index (χ1) is 10.2. The maximum absolute atomic E-state index is 6.09. The zero-order chi connectivity index (χ0) is 15.1. The molecule has 1 N–H and O–H groups in total. The van der Waals surface area contributed by atoms with Crippen molar-refractivity contribution in [3.63, 3.8) is 0 Å². The highest BCUT2D eigenvalue weighted by Gasteiger charge is 2.38. The molecular formula is C17H31N3O. The molecule has 0 aromatic carbocycles. The summed E-state index contributed by atoms with van der Waals surface area (Å²) in [5.74, 6) is 0. The smallest absolute Gasteiger partial charge is 0.0831 e. The van der Waals surface area contributed by atoms with Crippen LogP contribution in [0.25, 0.3) is 0 Å². The van der Waals surface area contributed by atoms with Crippen LogP contribution in [0.4, 0.5) is 0 Å². The molecule has 1 fully saturated rings. The molecule has 0 radical (unpaired) electrons. The molecule has 1 unspecified atom stereocenters. The first-order valence-electron chi connectivity index (χ1n) is 8.47. The lowest BCUT2D eigenvalue weighted by Crippen LogP contribution is -2.52. The molecule has 0 aliphatic heterocycles. The summed E-state index contributed by atoms with van der Waals surface area (Å²) in [5.41, 5.74) is 1.32. The maximum Gasteiger partial charge on any atom is 0.0831 e. The van der Waals surface area contributed by atoms with Crippen molar-refractivity contribution in [3.05, 3.63) is 18.0 Å². The van der Waals surface area contributed by atoms with Gasteiger partial charge in [0.25, 0.3) is 0 Å². The normalized spacial score (nSPS) is 20.1. The number of nitrogens with one attached hydrogen (secondary N) is 1. The first-order valence-corrected chi connectivity index (χ1v) is 8.47. The Kier molecular flexibility index (Phi) is 6.24. The third-order valence-corrected chi connectivity index (χ3v) is 5.05. The molecule has 1 aromatic heterocycles. The van der Waals surface area contributed by atoms with Gasteiger partial charge in [-0.15, -0.1) is 0 Å². The Morgan fingerprint density at radius 3 is 2.57 bits per heavy atom. The summed E-state index contributed by atoms with van der Waals surface area (Å²) in [7, 11) is 3.93. The van der Waals surface area contributed by atoms with Gasteiger partial charge < -0.3 is 10.1 Å². The van der Waals surface area contributed by atoms with Crippen LogP contribution in [0, 0.1) is 0 Å². The molecule has 1 saturated carbocycles. The second kappa shape index (κ2) is 7.95. The summed E-state index contributed by atoms with van der Waals surface area (Å²) in [6, 6.07) is 2.55. The van der Waals surface area contributed by atoms with Gasteiger partial charge in [0.15, 0.2) is 0 Å². The summed E-state index contributed by atoms with van der Waals surface area (Å²) >= 11 is 0. The van der Waals surface area contributed by atoms with E-state index in [1.807, 2.05) is 25.0 Å². The number of methoxy groups -OCH3 is 1. The van der Waals surface area contributed by atoms with Crippen molar-refractivity contribution >= 4 is 0 Å². The minimum atomic E-state index is 0.0190. The van der Waals surface area contributed by atoms with E-state index in [2.05, 4.69) is 23.4 Å². The molecule has 0 spiro atoms. The average molecular weight is 293 g/mol. The van der Waals surface area contributed by atoms with Crippen molar-refractivity contribution in [1.29, 1.82) is 0 Å². The number of nitrogens with zero attached hydrogens (tertiary/aromatic N) is 2. The Morgan fingerprint density at radius 1 is 1.33 bits per heavy atom. The Bertz CT molecular complexity index is 408. The molecule has 120 valence electrons. The van der Waals surface area contributed by atoms with Gasteiger partial charge in [-0.25, -0.2) is 0 Å². The Labute approximate surface area is 129 Å². The average Bonchev–Trinajstić information content (AvgIpc) is 2.77. The van der Waals surface area contributed by atoms with E-state index < -0.39 is 0 Å². The van der Waals surface area contributed by atoms with Gasteiger partial charge in [0, 0.05) is 32.1 Å². The van der Waals surface area contributed by atoms with Gasteiger partial charge in [-0.3, -0.25) is 4.68 Å². The van der Waals surface area contributed by atoms with Gasteiger partial charge in [0.2, 0.25) is 0 Å². The van der Waals surface area contributed by atoms with Crippen LogP contribution in [-0.4, -0.2) is 35.1 Å². The van der Waals surface area contributed by atoms with Gasteiger partial charge in [-0.05, 0) is 38.3 Å². The molecular weight excluding hydrogens is 262 g/mol. The van der Waals surface area contributed by atoms with Gasteiger partial charge in [0.05, 0.1) is 5.60 Å². The fourth-order valence-corrected chi connectivity index (χ4v) is 3.76. The van der Waals surface area contributed by atoms with Crippen LogP contribution in [0.1, 0.15) is 57.6 Å². The molecule has 4 nitrogen and oxygen atoms in total. The number of hydrogen-bond acceptors (Lipinski definition) is 3. The van der Waals surface area contributed by atoms with Crippen LogP contribution in [0.3, 0.4) is 0 Å². The molecule has 1 aliphatic carbocycles. The fraction of sp³-hybridized carbons (Fsp3) is 0.824. The second-order valence-electron chi connectivity index (χ2n) is 6.28. The third-order valence-electron chi connectivity index (χ3n) is 5.05. The number of aryl methyl sites for hydroxylation is 2. The molecule has 21 heavy (non-hydrogen) atoms. The monoisotopic (exact) mass is 293 g/mol. The van der Waals surface area contributed by atoms with E-state index in [1.54, 1.807) is 0 Å². The van der Waals surface area contributed by atoms with Crippen molar-refractivity contribution in [3.8, 4) is 0 Å². The fourth-order valence-electron chi connectivity index (χ4n) is 3.76. The third kappa shape index (κ3) is 4.07. The van der Waals surface area contributed by atoms with Crippen molar-refractivity contribution in [1.82, 2.24) is 15.1 Å². The van der Waals surface area contributed by atoms with Crippen LogP contribution in [0.5, 0.6) is 0 Å². The minimum absolute atomic E-state index is 0.0190. The van der Waals surface area contributed by atoms with E-state index in [4.69, 9.17) is 4.74 Å². The van der Waals surface area contributed by atoms with Crippen molar-refractivity contribution in [2.75, 3.05) is 13.7 Å². The molecule has 0 saturated heterocycles. The predicted molar refractivity (Wildman–Crippen MR) is 86.4 cm³/mol. The molecule has 2 rings (SSSR count). The van der Waals surface area contributed by atoms with Crippen LogP contribution < -0.4 is 5.32 Å². The lowest BCUT2D eigenvalue weighted by Gasteiger charge is -2.40. The van der Waals surface area contributed by atoms with E-state index in [0.717, 1.165) is 19.4 Å². The summed E-state index contributed by atoms with van der Waals surface area (Å²) in [6.07, 6.45) is 11.7. The van der Waals surface area contributed by atoms with Gasteiger partial charge in [0.1, 0.15) is 0 Å². The van der Waals surface area contributed by atoms with Crippen LogP contribution in [0.2, 0.25) is 0 Å². The Balaban J connectivity index is 2.06. The number of aromatic nitrogens is 2. The quantitative estimate of drug-likeness (QED) is 0.785. The summed E-state index contributed by atoms with van der Waals surface area (Å²) in [4.78, 5) is 0. The van der Waals surface area contributed by atoms with Gasteiger partial charge >= 0.3 is 0 Å². The molecule has 0 bridgehead atoms. The standard InChI is InChI=1S/C17H31N3O/c1-4-18-16(10-9-15-11-14-19-20(15)2)17(21-3)12-7-5-6-8-13-17/h11,14,16,18H,4-10,12-13H2,1-3H3. The van der Waals surface area contributed by atoms with E-state index >= 15 is 0 Å². The Morgan fingerprint density at radius 2 is 2.05 bits per heavy atom. The molecule has 1 heterocycles. The minimum Gasteiger partial charge on any atom is -0.377 e. The highest BCUT2D eigenvalue weighted by atomic mass is 16.5. The molecule has 1 aromatic rings. The number of hydrogen-bond donors (Lipinski definition) is 1. The molecule has 4 heteroatoms. The van der Waals surface area contributed by atoms with Gasteiger partial charge in [-0.2, -0.15) is 5.10 Å². The van der Waals surface area contributed by atoms with Crippen molar-refractivity contribution in [2.24, 2.45) is 7.05 Å².